The van der Waals surface area contributed by atoms with Crippen molar-refractivity contribution >= 4 is 23.2 Å². The highest BCUT2D eigenvalue weighted by molar-refractivity contribution is 7.13. The highest BCUT2D eigenvalue weighted by Crippen LogP contribution is 2.33. The fourth-order valence-corrected chi connectivity index (χ4v) is 3.00. The van der Waals surface area contributed by atoms with Crippen molar-refractivity contribution in [2.24, 2.45) is 0 Å². The Bertz CT molecular complexity index is 777. The number of thiazole rings is 1. The zero-order valence-electron chi connectivity index (χ0n) is 15.4. The van der Waals surface area contributed by atoms with E-state index in [0.29, 0.717) is 30.3 Å². The third kappa shape index (κ3) is 6.22. The quantitative estimate of drug-likeness (QED) is 0.484. The molecule has 0 atom stereocenters. The highest BCUT2D eigenvalue weighted by atomic mass is 32.1. The van der Waals surface area contributed by atoms with E-state index in [1.807, 2.05) is 12.1 Å². The summed E-state index contributed by atoms with van der Waals surface area (Å²) in [6.07, 6.45) is -0.00482. The molecule has 0 fully saturated rings. The first kappa shape index (κ1) is 20.7. The third-order valence-electron chi connectivity index (χ3n) is 3.50. The van der Waals surface area contributed by atoms with E-state index in [-0.39, 0.29) is 18.9 Å². The van der Waals surface area contributed by atoms with Crippen LogP contribution in [0.25, 0.3) is 10.6 Å². The van der Waals surface area contributed by atoms with Gasteiger partial charge in [-0.1, -0.05) is 0 Å². The number of nitrogens with one attached hydrogen (secondary N) is 1. The van der Waals surface area contributed by atoms with E-state index in [1.165, 1.54) is 18.4 Å². The molecule has 0 aliphatic carbocycles. The smallest absolute Gasteiger partial charge is 0.312 e. The number of nitrogens with zero attached hydrogens (tertiary/aromatic N) is 1. The van der Waals surface area contributed by atoms with Gasteiger partial charge in [0.05, 0.1) is 32.9 Å². The van der Waals surface area contributed by atoms with Crippen LogP contribution in [0.15, 0.2) is 23.6 Å². The number of methoxy groups -OCH3 is 3. The van der Waals surface area contributed by atoms with Gasteiger partial charge in [0.25, 0.3) is 5.91 Å². The van der Waals surface area contributed by atoms with Crippen LogP contribution in [0.1, 0.15) is 5.69 Å². The van der Waals surface area contributed by atoms with Gasteiger partial charge in [0.1, 0.15) is 5.01 Å². The second-order valence-corrected chi connectivity index (χ2v) is 6.25. The van der Waals surface area contributed by atoms with Crippen LogP contribution in [0.3, 0.4) is 0 Å². The van der Waals surface area contributed by atoms with Gasteiger partial charge in [-0.15, -0.1) is 11.3 Å². The molecule has 0 saturated heterocycles. The van der Waals surface area contributed by atoms with E-state index >= 15 is 0 Å². The van der Waals surface area contributed by atoms with E-state index < -0.39 is 5.97 Å². The fraction of sp³-hybridized carbons (Fsp3) is 0.389. The first-order valence-electron chi connectivity index (χ1n) is 8.15. The zero-order chi connectivity index (χ0) is 19.6. The fourth-order valence-electron chi connectivity index (χ4n) is 2.18. The Labute approximate surface area is 161 Å². The second kappa shape index (κ2) is 10.5. The van der Waals surface area contributed by atoms with Gasteiger partial charge >= 0.3 is 5.97 Å². The number of carbonyl (C=O) groups excluding carboxylic acids is 2. The van der Waals surface area contributed by atoms with Crippen molar-refractivity contribution in [1.82, 2.24) is 10.3 Å². The van der Waals surface area contributed by atoms with Crippen LogP contribution in [0, 0.1) is 0 Å². The molecule has 0 saturated carbocycles. The molecule has 0 aliphatic rings. The van der Waals surface area contributed by atoms with Gasteiger partial charge in [-0.05, 0) is 18.2 Å². The molecule has 1 aromatic heterocycles. The minimum atomic E-state index is -0.513. The number of rotatable bonds is 10. The molecular weight excluding hydrogens is 372 g/mol. The predicted molar refractivity (Wildman–Crippen MR) is 100 cm³/mol. The van der Waals surface area contributed by atoms with Crippen molar-refractivity contribution < 1.29 is 28.5 Å². The topological polar surface area (TPSA) is 96.0 Å². The largest absolute Gasteiger partial charge is 0.493 e. The maximum Gasteiger partial charge on any atom is 0.312 e. The summed E-state index contributed by atoms with van der Waals surface area (Å²) in [5, 5.41) is 5.10. The Morgan fingerprint density at radius 1 is 1.15 bits per heavy atom. The molecule has 9 heteroatoms. The van der Waals surface area contributed by atoms with Gasteiger partial charge in [-0.3, -0.25) is 9.59 Å². The van der Waals surface area contributed by atoms with Crippen molar-refractivity contribution in [1.29, 1.82) is 0 Å². The minimum absolute atomic E-state index is 0.00482. The molecule has 0 spiro atoms. The normalized spacial score (nSPS) is 10.3. The van der Waals surface area contributed by atoms with Gasteiger partial charge in [0.15, 0.2) is 18.1 Å². The van der Waals surface area contributed by atoms with Gasteiger partial charge in [-0.25, -0.2) is 4.98 Å². The average Bonchev–Trinajstić information content (AvgIpc) is 3.14. The molecule has 8 nitrogen and oxygen atoms in total. The predicted octanol–water partition coefficient (Wildman–Crippen LogP) is 1.68. The van der Waals surface area contributed by atoms with E-state index in [2.05, 4.69) is 10.3 Å². The Hall–Kier alpha value is -2.65. The lowest BCUT2D eigenvalue weighted by atomic mass is 10.2. The van der Waals surface area contributed by atoms with Crippen molar-refractivity contribution in [3.05, 3.63) is 29.3 Å². The van der Waals surface area contributed by atoms with Gasteiger partial charge in [0.2, 0.25) is 0 Å². The standard InChI is InChI=1S/C18H22N2O6S/c1-23-7-6-19-16(21)10-26-17(22)9-13-11-27-18(20-13)12-4-5-14(24-2)15(8-12)25-3/h4-5,8,11H,6-7,9-10H2,1-3H3,(H,19,21). The summed E-state index contributed by atoms with van der Waals surface area (Å²) < 4.78 is 20.3. The molecular formula is C18H22N2O6S. The number of aromatic nitrogens is 1. The van der Waals surface area contributed by atoms with E-state index in [1.54, 1.807) is 25.7 Å². The number of hydrogen-bond acceptors (Lipinski definition) is 8. The van der Waals surface area contributed by atoms with Gasteiger partial charge < -0.3 is 24.3 Å². The molecule has 1 heterocycles. The number of benzene rings is 1. The maximum atomic E-state index is 11.9. The molecule has 1 N–H and O–H groups in total. The van der Waals surface area contributed by atoms with Gasteiger partial charge in [0, 0.05) is 24.6 Å². The van der Waals surface area contributed by atoms with Crippen LogP contribution < -0.4 is 14.8 Å². The van der Waals surface area contributed by atoms with E-state index in [9.17, 15) is 9.59 Å². The lowest BCUT2D eigenvalue weighted by Gasteiger charge is -2.08. The van der Waals surface area contributed by atoms with Crippen molar-refractivity contribution in [2.45, 2.75) is 6.42 Å². The van der Waals surface area contributed by atoms with Gasteiger partial charge in [-0.2, -0.15) is 0 Å². The second-order valence-electron chi connectivity index (χ2n) is 5.39. The molecule has 1 amide bonds. The molecule has 27 heavy (non-hydrogen) atoms. The summed E-state index contributed by atoms with van der Waals surface area (Å²) in [4.78, 5) is 27.8. The van der Waals surface area contributed by atoms with E-state index in [0.717, 1.165) is 10.6 Å². The lowest BCUT2D eigenvalue weighted by Crippen LogP contribution is -2.31. The summed E-state index contributed by atoms with van der Waals surface area (Å²) in [6, 6.07) is 5.49. The highest BCUT2D eigenvalue weighted by Gasteiger charge is 2.13. The summed E-state index contributed by atoms with van der Waals surface area (Å²) in [5.41, 5.74) is 1.43. The van der Waals surface area contributed by atoms with Crippen LogP contribution in [-0.4, -0.2) is 57.9 Å². The van der Waals surface area contributed by atoms with Crippen LogP contribution >= 0.6 is 11.3 Å². The molecule has 0 bridgehead atoms. The third-order valence-corrected chi connectivity index (χ3v) is 4.44. The van der Waals surface area contributed by atoms with Crippen molar-refractivity contribution in [3.8, 4) is 22.1 Å². The molecule has 146 valence electrons. The Morgan fingerprint density at radius 2 is 1.93 bits per heavy atom. The van der Waals surface area contributed by atoms with E-state index in [4.69, 9.17) is 18.9 Å². The number of esters is 1. The maximum absolute atomic E-state index is 11.9. The summed E-state index contributed by atoms with van der Waals surface area (Å²) >= 11 is 1.41. The summed E-state index contributed by atoms with van der Waals surface area (Å²) in [7, 11) is 4.68. The first-order valence-corrected chi connectivity index (χ1v) is 9.03. The SMILES string of the molecule is COCCNC(=O)COC(=O)Cc1csc(-c2ccc(OC)c(OC)c2)n1. The summed E-state index contributed by atoms with van der Waals surface area (Å²) in [5.74, 6) is 0.349. The van der Waals surface area contributed by atoms with Crippen molar-refractivity contribution in [2.75, 3.05) is 41.1 Å². The first-order chi connectivity index (χ1) is 13.1. The van der Waals surface area contributed by atoms with Crippen LogP contribution in [0.2, 0.25) is 0 Å². The Balaban J connectivity index is 1.90. The lowest BCUT2D eigenvalue weighted by molar-refractivity contribution is -0.147. The molecule has 0 radical (unpaired) electrons. The molecule has 2 rings (SSSR count). The Morgan fingerprint density at radius 3 is 2.63 bits per heavy atom. The number of ether oxygens (including phenoxy) is 4. The van der Waals surface area contributed by atoms with Crippen LogP contribution in [0.5, 0.6) is 11.5 Å². The zero-order valence-corrected chi connectivity index (χ0v) is 16.3. The molecule has 0 aliphatic heterocycles. The van der Waals surface area contributed by atoms with Crippen LogP contribution in [-0.2, 0) is 25.5 Å². The summed E-state index contributed by atoms with van der Waals surface area (Å²) in [6.45, 7) is 0.445. The van der Waals surface area contributed by atoms with Crippen LogP contribution in [0.4, 0.5) is 0 Å². The molecule has 0 unspecified atom stereocenters. The number of amides is 1. The number of hydrogen-bond donors (Lipinski definition) is 1. The Kier molecular flexibility index (Phi) is 8.02. The minimum Gasteiger partial charge on any atom is -0.493 e. The molecule has 1 aromatic carbocycles. The average molecular weight is 394 g/mol. The number of carbonyl (C=O) groups is 2. The molecule has 2 aromatic rings. The monoisotopic (exact) mass is 394 g/mol. The van der Waals surface area contributed by atoms with Crippen molar-refractivity contribution in [3.63, 3.8) is 0 Å².